The van der Waals surface area contributed by atoms with Gasteiger partial charge in [0.15, 0.2) is 0 Å². The first-order valence-corrected chi connectivity index (χ1v) is 6.92. The SMILES string of the molecule is CC(N)c1ccc(OCCCOc2ccccc2)cc1. The van der Waals surface area contributed by atoms with Crippen molar-refractivity contribution in [1.82, 2.24) is 0 Å². The second kappa shape index (κ2) is 7.56. The number of para-hydroxylation sites is 1. The van der Waals surface area contributed by atoms with Crippen LogP contribution in [0.1, 0.15) is 24.9 Å². The fraction of sp³-hybridized carbons (Fsp3) is 0.294. The second-order valence-electron chi connectivity index (χ2n) is 4.72. The third kappa shape index (κ3) is 4.59. The molecule has 1 unspecified atom stereocenters. The molecule has 0 aromatic heterocycles. The van der Waals surface area contributed by atoms with Crippen LogP contribution in [-0.4, -0.2) is 13.2 Å². The summed E-state index contributed by atoms with van der Waals surface area (Å²) >= 11 is 0. The normalized spacial score (nSPS) is 11.9. The summed E-state index contributed by atoms with van der Waals surface area (Å²) in [6.07, 6.45) is 0.851. The lowest BCUT2D eigenvalue weighted by Crippen LogP contribution is -2.06. The van der Waals surface area contributed by atoms with Gasteiger partial charge >= 0.3 is 0 Å². The lowest BCUT2D eigenvalue weighted by atomic mass is 10.1. The van der Waals surface area contributed by atoms with Crippen LogP contribution in [0.3, 0.4) is 0 Å². The van der Waals surface area contributed by atoms with Crippen molar-refractivity contribution >= 4 is 0 Å². The molecule has 0 aliphatic rings. The maximum Gasteiger partial charge on any atom is 0.119 e. The van der Waals surface area contributed by atoms with Crippen LogP contribution in [0.2, 0.25) is 0 Å². The fourth-order valence-corrected chi connectivity index (χ4v) is 1.82. The Balaban J connectivity index is 1.66. The molecule has 0 heterocycles. The predicted molar refractivity (Wildman–Crippen MR) is 81.1 cm³/mol. The molecule has 2 N–H and O–H groups in total. The maximum atomic E-state index is 5.80. The molecule has 0 aliphatic carbocycles. The lowest BCUT2D eigenvalue weighted by molar-refractivity contribution is 0.247. The van der Waals surface area contributed by atoms with Crippen molar-refractivity contribution in [3.63, 3.8) is 0 Å². The molecule has 106 valence electrons. The summed E-state index contributed by atoms with van der Waals surface area (Å²) in [5.74, 6) is 1.77. The molecule has 2 aromatic carbocycles. The van der Waals surface area contributed by atoms with E-state index in [1.165, 1.54) is 0 Å². The van der Waals surface area contributed by atoms with Crippen molar-refractivity contribution in [2.45, 2.75) is 19.4 Å². The quantitative estimate of drug-likeness (QED) is 0.783. The largest absolute Gasteiger partial charge is 0.493 e. The molecule has 0 fully saturated rings. The van der Waals surface area contributed by atoms with E-state index in [-0.39, 0.29) is 6.04 Å². The molecule has 0 aliphatic heterocycles. The van der Waals surface area contributed by atoms with E-state index in [0.29, 0.717) is 13.2 Å². The topological polar surface area (TPSA) is 44.5 Å². The molecule has 0 amide bonds. The van der Waals surface area contributed by atoms with Gasteiger partial charge in [-0.15, -0.1) is 0 Å². The summed E-state index contributed by atoms with van der Waals surface area (Å²) in [7, 11) is 0. The van der Waals surface area contributed by atoms with Crippen LogP contribution in [0.15, 0.2) is 54.6 Å². The number of benzene rings is 2. The van der Waals surface area contributed by atoms with Gasteiger partial charge in [0.1, 0.15) is 11.5 Å². The third-order valence-electron chi connectivity index (χ3n) is 2.98. The van der Waals surface area contributed by atoms with Crippen LogP contribution in [0.4, 0.5) is 0 Å². The molecule has 20 heavy (non-hydrogen) atoms. The van der Waals surface area contributed by atoms with Crippen molar-refractivity contribution in [3.05, 3.63) is 60.2 Å². The van der Waals surface area contributed by atoms with Crippen LogP contribution in [-0.2, 0) is 0 Å². The Morgan fingerprint density at radius 3 is 1.95 bits per heavy atom. The molecule has 0 radical (unpaired) electrons. The monoisotopic (exact) mass is 271 g/mol. The Kier molecular flexibility index (Phi) is 5.44. The molecule has 3 heteroatoms. The van der Waals surface area contributed by atoms with E-state index in [4.69, 9.17) is 15.2 Å². The molecule has 2 rings (SSSR count). The highest BCUT2D eigenvalue weighted by molar-refractivity contribution is 5.28. The van der Waals surface area contributed by atoms with E-state index in [9.17, 15) is 0 Å². The van der Waals surface area contributed by atoms with Gasteiger partial charge in [0, 0.05) is 12.5 Å². The van der Waals surface area contributed by atoms with E-state index >= 15 is 0 Å². The minimum absolute atomic E-state index is 0.0586. The number of rotatable bonds is 7. The Morgan fingerprint density at radius 2 is 1.40 bits per heavy atom. The van der Waals surface area contributed by atoms with Gasteiger partial charge in [0.2, 0.25) is 0 Å². The van der Waals surface area contributed by atoms with E-state index in [1.54, 1.807) is 0 Å². The summed E-state index contributed by atoms with van der Waals surface area (Å²) in [6.45, 7) is 3.27. The van der Waals surface area contributed by atoms with Gasteiger partial charge in [-0.1, -0.05) is 30.3 Å². The Labute approximate surface area is 120 Å². The van der Waals surface area contributed by atoms with Crippen LogP contribution in [0.5, 0.6) is 11.5 Å². The van der Waals surface area contributed by atoms with Crippen molar-refractivity contribution < 1.29 is 9.47 Å². The Hall–Kier alpha value is -2.00. The van der Waals surface area contributed by atoms with E-state index in [0.717, 1.165) is 23.5 Å². The van der Waals surface area contributed by atoms with Crippen molar-refractivity contribution in [2.24, 2.45) is 5.73 Å². The summed E-state index contributed by atoms with van der Waals surface area (Å²) < 4.78 is 11.3. The molecular formula is C17H21NO2. The van der Waals surface area contributed by atoms with Crippen LogP contribution < -0.4 is 15.2 Å². The Bertz CT molecular complexity index is 494. The van der Waals surface area contributed by atoms with Crippen molar-refractivity contribution in [3.8, 4) is 11.5 Å². The smallest absolute Gasteiger partial charge is 0.119 e. The van der Waals surface area contributed by atoms with E-state index in [1.807, 2.05) is 61.5 Å². The highest BCUT2D eigenvalue weighted by Gasteiger charge is 1.99. The minimum Gasteiger partial charge on any atom is -0.493 e. The highest BCUT2D eigenvalue weighted by atomic mass is 16.5. The summed E-state index contributed by atoms with van der Waals surface area (Å²) in [6, 6.07) is 17.8. The number of nitrogens with two attached hydrogens (primary N) is 1. The van der Waals surface area contributed by atoms with E-state index in [2.05, 4.69) is 0 Å². The summed E-state index contributed by atoms with van der Waals surface area (Å²) in [4.78, 5) is 0. The standard InChI is InChI=1S/C17H21NO2/c1-14(18)15-8-10-17(11-9-15)20-13-5-12-19-16-6-3-2-4-7-16/h2-4,6-11,14H,5,12-13,18H2,1H3. The predicted octanol–water partition coefficient (Wildman–Crippen LogP) is 3.55. The van der Waals surface area contributed by atoms with Gasteiger partial charge in [0.05, 0.1) is 13.2 Å². The Morgan fingerprint density at radius 1 is 0.850 bits per heavy atom. The van der Waals surface area contributed by atoms with Crippen molar-refractivity contribution in [2.75, 3.05) is 13.2 Å². The molecule has 3 nitrogen and oxygen atoms in total. The third-order valence-corrected chi connectivity index (χ3v) is 2.98. The molecule has 0 saturated carbocycles. The van der Waals surface area contributed by atoms with Gasteiger partial charge in [-0.25, -0.2) is 0 Å². The lowest BCUT2D eigenvalue weighted by Gasteiger charge is -2.09. The fourth-order valence-electron chi connectivity index (χ4n) is 1.82. The van der Waals surface area contributed by atoms with Gasteiger partial charge < -0.3 is 15.2 Å². The van der Waals surface area contributed by atoms with Crippen LogP contribution >= 0.6 is 0 Å². The second-order valence-corrected chi connectivity index (χ2v) is 4.72. The van der Waals surface area contributed by atoms with E-state index < -0.39 is 0 Å². The molecule has 0 saturated heterocycles. The van der Waals surface area contributed by atoms with Gasteiger partial charge in [-0.3, -0.25) is 0 Å². The molecule has 0 bridgehead atoms. The molecule has 0 spiro atoms. The van der Waals surface area contributed by atoms with Gasteiger partial charge in [-0.2, -0.15) is 0 Å². The summed E-state index contributed by atoms with van der Waals surface area (Å²) in [5, 5.41) is 0. The number of hydrogen-bond donors (Lipinski definition) is 1. The zero-order chi connectivity index (χ0) is 14.2. The maximum absolute atomic E-state index is 5.80. The zero-order valence-corrected chi connectivity index (χ0v) is 11.8. The van der Waals surface area contributed by atoms with Gasteiger partial charge in [0.25, 0.3) is 0 Å². The molecule has 2 aromatic rings. The average molecular weight is 271 g/mol. The first-order valence-electron chi connectivity index (χ1n) is 6.92. The number of ether oxygens (including phenoxy) is 2. The van der Waals surface area contributed by atoms with Crippen LogP contribution in [0, 0.1) is 0 Å². The minimum atomic E-state index is 0.0586. The van der Waals surface area contributed by atoms with Crippen LogP contribution in [0.25, 0.3) is 0 Å². The first kappa shape index (κ1) is 14.4. The number of hydrogen-bond acceptors (Lipinski definition) is 3. The molecule has 1 atom stereocenters. The zero-order valence-electron chi connectivity index (χ0n) is 11.8. The summed E-state index contributed by atoms with van der Waals surface area (Å²) in [5.41, 5.74) is 6.92. The van der Waals surface area contributed by atoms with Crippen molar-refractivity contribution in [1.29, 1.82) is 0 Å². The van der Waals surface area contributed by atoms with Gasteiger partial charge in [-0.05, 0) is 36.8 Å². The molecular weight excluding hydrogens is 250 g/mol. The highest BCUT2D eigenvalue weighted by Crippen LogP contribution is 2.16. The average Bonchev–Trinajstić information content (AvgIpc) is 2.48. The first-order chi connectivity index (χ1) is 9.75.